The molecule has 6 heteroatoms. The predicted octanol–water partition coefficient (Wildman–Crippen LogP) is 0.121. The second-order valence-corrected chi connectivity index (χ2v) is 2.65. The number of amides is 1. The molecule has 0 aromatic carbocycles. The van der Waals surface area contributed by atoms with Crippen LogP contribution in [0.1, 0.15) is 0 Å². The second-order valence-electron chi connectivity index (χ2n) is 2.65. The third kappa shape index (κ3) is 4.72. The maximum Gasteiger partial charge on any atom is 0.329 e. The van der Waals surface area contributed by atoms with Crippen molar-refractivity contribution in [3.05, 3.63) is 24.4 Å². The lowest BCUT2D eigenvalue weighted by atomic mass is 10.4. The van der Waals surface area contributed by atoms with Crippen molar-refractivity contribution in [1.82, 2.24) is 4.98 Å². The molecule has 0 spiro atoms. The molecule has 0 saturated carbocycles. The number of rotatable bonds is 5. The number of aliphatic carboxylic acids is 1. The van der Waals surface area contributed by atoms with E-state index >= 15 is 0 Å². The molecule has 0 aliphatic carbocycles. The summed E-state index contributed by atoms with van der Waals surface area (Å²) in [6.07, 6.45) is 1.54. The van der Waals surface area contributed by atoms with Crippen molar-refractivity contribution >= 4 is 17.7 Å². The number of pyridine rings is 1. The maximum absolute atomic E-state index is 11.1. The quantitative estimate of drug-likeness (QED) is 0.720. The van der Waals surface area contributed by atoms with Gasteiger partial charge in [0.25, 0.3) is 5.91 Å². The smallest absolute Gasteiger partial charge is 0.329 e. The van der Waals surface area contributed by atoms with E-state index in [2.05, 4.69) is 15.0 Å². The molecule has 80 valence electrons. The van der Waals surface area contributed by atoms with E-state index in [9.17, 15) is 9.59 Å². The molecular formula is C9H10N2O4. The molecule has 1 amide bonds. The average molecular weight is 210 g/mol. The number of nitrogens with zero attached hydrogens (tertiary/aromatic N) is 1. The summed E-state index contributed by atoms with van der Waals surface area (Å²) >= 11 is 0. The first-order valence-electron chi connectivity index (χ1n) is 4.19. The van der Waals surface area contributed by atoms with Crippen LogP contribution in [0, 0.1) is 0 Å². The second kappa shape index (κ2) is 5.71. The van der Waals surface area contributed by atoms with Crippen molar-refractivity contribution in [3.8, 4) is 0 Å². The Hall–Kier alpha value is -1.95. The Labute approximate surface area is 85.9 Å². The molecule has 0 bridgehead atoms. The average Bonchev–Trinajstić information content (AvgIpc) is 2.18. The number of hydrogen-bond acceptors (Lipinski definition) is 4. The van der Waals surface area contributed by atoms with E-state index in [4.69, 9.17) is 5.11 Å². The minimum absolute atomic E-state index is 0.303. The predicted molar refractivity (Wildman–Crippen MR) is 51.3 cm³/mol. The van der Waals surface area contributed by atoms with E-state index in [1.54, 1.807) is 18.2 Å². The van der Waals surface area contributed by atoms with Crippen LogP contribution in [-0.2, 0) is 14.3 Å². The number of carbonyl (C=O) groups excluding carboxylic acids is 1. The SMILES string of the molecule is O=C(O)COCC(=O)Nc1ccccn1. The molecule has 0 fully saturated rings. The summed E-state index contributed by atoms with van der Waals surface area (Å²) in [6.45, 7) is -0.793. The molecule has 0 atom stereocenters. The van der Waals surface area contributed by atoms with E-state index < -0.39 is 18.5 Å². The van der Waals surface area contributed by atoms with Gasteiger partial charge in [0.15, 0.2) is 0 Å². The first kappa shape index (κ1) is 11.1. The minimum atomic E-state index is -1.11. The Morgan fingerprint density at radius 2 is 2.20 bits per heavy atom. The standard InChI is InChI=1S/C9H10N2O4/c12-8(5-15-6-9(13)14)11-7-3-1-2-4-10-7/h1-4H,5-6H2,(H,13,14)(H,10,11,12). The lowest BCUT2D eigenvalue weighted by Gasteiger charge is -2.03. The van der Waals surface area contributed by atoms with Crippen molar-refractivity contribution in [3.63, 3.8) is 0 Å². The van der Waals surface area contributed by atoms with Gasteiger partial charge in [-0.15, -0.1) is 0 Å². The third-order valence-corrected chi connectivity index (χ3v) is 1.39. The highest BCUT2D eigenvalue weighted by Crippen LogP contribution is 1.98. The van der Waals surface area contributed by atoms with Gasteiger partial charge in [0.2, 0.25) is 0 Å². The summed E-state index contributed by atoms with van der Waals surface area (Å²) in [5.41, 5.74) is 0. The lowest BCUT2D eigenvalue weighted by Crippen LogP contribution is -2.21. The third-order valence-electron chi connectivity index (χ3n) is 1.39. The van der Waals surface area contributed by atoms with E-state index in [1.807, 2.05) is 0 Å². The van der Waals surface area contributed by atoms with Crippen molar-refractivity contribution < 1.29 is 19.4 Å². The van der Waals surface area contributed by atoms with Gasteiger partial charge in [0.05, 0.1) is 0 Å². The molecule has 2 N–H and O–H groups in total. The highest BCUT2D eigenvalue weighted by molar-refractivity contribution is 5.90. The van der Waals surface area contributed by atoms with Gasteiger partial charge in [-0.3, -0.25) is 4.79 Å². The zero-order valence-electron chi connectivity index (χ0n) is 7.84. The largest absolute Gasteiger partial charge is 0.480 e. The molecule has 15 heavy (non-hydrogen) atoms. The Balaban J connectivity index is 2.28. The topological polar surface area (TPSA) is 88.5 Å². The molecule has 1 heterocycles. The number of anilines is 1. The van der Waals surface area contributed by atoms with Crippen LogP contribution >= 0.6 is 0 Å². The number of carboxylic acid groups (broad SMARTS) is 1. The number of ether oxygens (including phenoxy) is 1. The number of carboxylic acids is 1. The van der Waals surface area contributed by atoms with Crippen LogP contribution in [0.25, 0.3) is 0 Å². The van der Waals surface area contributed by atoms with Gasteiger partial charge in [0, 0.05) is 6.20 Å². The van der Waals surface area contributed by atoms with Crippen LogP contribution in [0.15, 0.2) is 24.4 Å². The summed E-state index contributed by atoms with van der Waals surface area (Å²) in [5, 5.41) is 10.7. The van der Waals surface area contributed by atoms with Crippen LogP contribution in [0.5, 0.6) is 0 Å². The van der Waals surface area contributed by atoms with Crippen LogP contribution in [0.2, 0.25) is 0 Å². The first-order chi connectivity index (χ1) is 7.18. The minimum Gasteiger partial charge on any atom is -0.480 e. The normalized spacial score (nSPS) is 9.60. The van der Waals surface area contributed by atoms with E-state index in [1.165, 1.54) is 6.20 Å². The highest BCUT2D eigenvalue weighted by atomic mass is 16.5. The van der Waals surface area contributed by atoms with Crippen molar-refractivity contribution in [1.29, 1.82) is 0 Å². The van der Waals surface area contributed by atoms with Crippen molar-refractivity contribution in [2.45, 2.75) is 0 Å². The van der Waals surface area contributed by atoms with Crippen LogP contribution in [0.4, 0.5) is 5.82 Å². The molecule has 0 radical (unpaired) electrons. The first-order valence-corrected chi connectivity index (χ1v) is 4.19. The van der Waals surface area contributed by atoms with Crippen LogP contribution in [-0.4, -0.2) is 35.2 Å². The molecule has 1 aromatic rings. The van der Waals surface area contributed by atoms with Gasteiger partial charge in [-0.2, -0.15) is 0 Å². The highest BCUT2D eigenvalue weighted by Gasteiger charge is 2.04. The van der Waals surface area contributed by atoms with Crippen molar-refractivity contribution in [2.75, 3.05) is 18.5 Å². The fraction of sp³-hybridized carbons (Fsp3) is 0.222. The van der Waals surface area contributed by atoms with Gasteiger partial charge in [-0.05, 0) is 12.1 Å². The van der Waals surface area contributed by atoms with Gasteiger partial charge in [-0.25, -0.2) is 9.78 Å². The fourth-order valence-electron chi connectivity index (χ4n) is 0.847. The molecule has 1 rings (SSSR count). The summed E-state index contributed by atoms with van der Waals surface area (Å²) in [6, 6.07) is 5.06. The molecule has 0 saturated heterocycles. The monoisotopic (exact) mass is 210 g/mol. The van der Waals surface area contributed by atoms with Gasteiger partial charge in [0.1, 0.15) is 19.0 Å². The zero-order valence-corrected chi connectivity index (χ0v) is 7.84. The maximum atomic E-state index is 11.1. The molecular weight excluding hydrogens is 200 g/mol. The molecule has 6 nitrogen and oxygen atoms in total. The van der Waals surface area contributed by atoms with Crippen LogP contribution in [0.3, 0.4) is 0 Å². The number of nitrogens with one attached hydrogen (secondary N) is 1. The Morgan fingerprint density at radius 1 is 1.40 bits per heavy atom. The molecule has 0 aliphatic rings. The Bertz CT molecular complexity index is 339. The molecule has 1 aromatic heterocycles. The molecule has 0 aliphatic heterocycles. The van der Waals surface area contributed by atoms with Crippen molar-refractivity contribution in [2.24, 2.45) is 0 Å². The summed E-state index contributed by atoms with van der Waals surface area (Å²) in [5.74, 6) is -1.14. The number of carbonyl (C=O) groups is 2. The Morgan fingerprint density at radius 3 is 2.80 bits per heavy atom. The van der Waals surface area contributed by atoms with E-state index in [-0.39, 0.29) is 6.61 Å². The number of hydrogen-bond donors (Lipinski definition) is 2. The van der Waals surface area contributed by atoms with Crippen LogP contribution < -0.4 is 5.32 Å². The van der Waals surface area contributed by atoms with E-state index in [0.717, 1.165) is 0 Å². The lowest BCUT2D eigenvalue weighted by molar-refractivity contribution is -0.143. The summed E-state index contributed by atoms with van der Waals surface area (Å²) in [4.78, 5) is 25.1. The summed E-state index contributed by atoms with van der Waals surface area (Å²) < 4.78 is 4.59. The number of aromatic nitrogens is 1. The fourth-order valence-corrected chi connectivity index (χ4v) is 0.847. The van der Waals surface area contributed by atoms with Gasteiger partial charge < -0.3 is 15.2 Å². The van der Waals surface area contributed by atoms with Gasteiger partial charge in [-0.1, -0.05) is 6.07 Å². The van der Waals surface area contributed by atoms with E-state index in [0.29, 0.717) is 5.82 Å². The van der Waals surface area contributed by atoms with Gasteiger partial charge >= 0.3 is 5.97 Å². The zero-order chi connectivity index (χ0) is 11.1. The Kier molecular flexibility index (Phi) is 4.24. The molecule has 0 unspecified atom stereocenters. The summed E-state index contributed by atoms with van der Waals surface area (Å²) in [7, 11) is 0.